The lowest BCUT2D eigenvalue weighted by molar-refractivity contribution is 0.354. The van der Waals surface area contributed by atoms with E-state index in [1.165, 1.54) is 6.33 Å². The number of anilines is 4. The first-order valence-electron chi connectivity index (χ1n) is 8.60. The molecule has 3 rings (SSSR count). The van der Waals surface area contributed by atoms with Gasteiger partial charge in [-0.25, -0.2) is 19.9 Å². The summed E-state index contributed by atoms with van der Waals surface area (Å²) in [5.74, 6) is 2.35. The average Bonchev–Trinajstić information content (AvgIpc) is 2.95. The molecule has 0 aliphatic heterocycles. The topological polar surface area (TPSA) is 97.8 Å². The van der Waals surface area contributed by atoms with Crippen molar-refractivity contribution < 1.29 is 0 Å². The van der Waals surface area contributed by atoms with E-state index in [0.29, 0.717) is 17.6 Å². The molecule has 8 heteroatoms. The van der Waals surface area contributed by atoms with Crippen molar-refractivity contribution in [3.05, 3.63) is 24.8 Å². The van der Waals surface area contributed by atoms with Crippen LogP contribution in [0.2, 0.25) is 0 Å². The van der Waals surface area contributed by atoms with Gasteiger partial charge in [-0.15, -0.1) is 0 Å². The van der Waals surface area contributed by atoms with Gasteiger partial charge in [0.2, 0.25) is 0 Å². The van der Waals surface area contributed by atoms with Gasteiger partial charge in [-0.05, 0) is 19.8 Å². The minimum atomic E-state index is -0.0596. The maximum absolute atomic E-state index is 5.77. The molecule has 0 saturated heterocycles. The van der Waals surface area contributed by atoms with Gasteiger partial charge in [0.1, 0.15) is 29.3 Å². The summed E-state index contributed by atoms with van der Waals surface area (Å²) in [7, 11) is 4.00. The summed E-state index contributed by atoms with van der Waals surface area (Å²) in [5, 5.41) is 3.30. The molecule has 0 aromatic carbocycles. The second-order valence-electron chi connectivity index (χ2n) is 7.38. The highest BCUT2D eigenvalue weighted by molar-refractivity contribution is 5.90. The van der Waals surface area contributed by atoms with Gasteiger partial charge in [-0.2, -0.15) is 0 Å². The number of nitrogen functional groups attached to an aromatic ring is 1. The van der Waals surface area contributed by atoms with Crippen LogP contribution in [0, 0.1) is 5.92 Å². The van der Waals surface area contributed by atoms with E-state index in [2.05, 4.69) is 59.9 Å². The molecule has 138 valence electrons. The summed E-state index contributed by atoms with van der Waals surface area (Å²) < 4.78 is 1.91. The van der Waals surface area contributed by atoms with E-state index in [1.54, 1.807) is 12.4 Å². The summed E-state index contributed by atoms with van der Waals surface area (Å²) in [5.41, 5.74) is 8.12. The van der Waals surface area contributed by atoms with Crippen molar-refractivity contribution in [2.45, 2.75) is 33.2 Å². The first kappa shape index (κ1) is 17.9. The van der Waals surface area contributed by atoms with E-state index < -0.39 is 0 Å². The Labute approximate surface area is 153 Å². The number of pyridine rings is 1. The molecule has 3 aromatic rings. The highest BCUT2D eigenvalue weighted by Crippen LogP contribution is 2.32. The molecule has 0 spiro atoms. The van der Waals surface area contributed by atoms with Crippen LogP contribution in [0.1, 0.15) is 27.7 Å². The Morgan fingerprint density at radius 1 is 1.19 bits per heavy atom. The molecular weight excluding hydrogens is 328 g/mol. The molecule has 0 radical (unpaired) electrons. The van der Waals surface area contributed by atoms with Gasteiger partial charge in [0.15, 0.2) is 5.65 Å². The lowest BCUT2D eigenvalue weighted by Crippen LogP contribution is -2.46. The molecular formula is C18H26N8. The van der Waals surface area contributed by atoms with Gasteiger partial charge < -0.3 is 20.5 Å². The van der Waals surface area contributed by atoms with Crippen LogP contribution in [-0.2, 0) is 7.05 Å². The molecule has 0 fully saturated rings. The SMILES string of the molecule is CC(C)C(C)(C)N(C)c1cc(Nc2cc(N)ncn2)c2ncn(C)c2n1. The van der Waals surface area contributed by atoms with Crippen LogP contribution in [0.25, 0.3) is 11.2 Å². The van der Waals surface area contributed by atoms with Crippen molar-refractivity contribution >= 4 is 34.3 Å². The number of aromatic nitrogens is 5. The molecule has 0 aliphatic carbocycles. The van der Waals surface area contributed by atoms with Crippen molar-refractivity contribution in [1.82, 2.24) is 24.5 Å². The minimum Gasteiger partial charge on any atom is -0.384 e. The molecule has 3 heterocycles. The van der Waals surface area contributed by atoms with E-state index in [-0.39, 0.29) is 5.54 Å². The number of nitrogens with two attached hydrogens (primary N) is 1. The van der Waals surface area contributed by atoms with E-state index >= 15 is 0 Å². The van der Waals surface area contributed by atoms with Gasteiger partial charge in [0, 0.05) is 31.8 Å². The number of nitrogens with zero attached hydrogens (tertiary/aromatic N) is 6. The normalized spacial score (nSPS) is 12.0. The smallest absolute Gasteiger partial charge is 0.164 e. The Balaban J connectivity index is 2.10. The molecule has 0 atom stereocenters. The Morgan fingerprint density at radius 3 is 2.58 bits per heavy atom. The van der Waals surface area contributed by atoms with Gasteiger partial charge in [-0.3, -0.25) is 0 Å². The molecule has 8 nitrogen and oxygen atoms in total. The van der Waals surface area contributed by atoms with Crippen molar-refractivity contribution in [3.63, 3.8) is 0 Å². The van der Waals surface area contributed by atoms with E-state index in [9.17, 15) is 0 Å². The summed E-state index contributed by atoms with van der Waals surface area (Å²) >= 11 is 0. The van der Waals surface area contributed by atoms with E-state index in [4.69, 9.17) is 10.7 Å². The number of aryl methyl sites for hydroxylation is 1. The van der Waals surface area contributed by atoms with Crippen LogP contribution < -0.4 is 16.0 Å². The largest absolute Gasteiger partial charge is 0.384 e. The Morgan fingerprint density at radius 2 is 1.92 bits per heavy atom. The third-order valence-corrected chi connectivity index (χ3v) is 5.23. The van der Waals surface area contributed by atoms with Crippen molar-refractivity contribution in [3.8, 4) is 0 Å². The summed E-state index contributed by atoms with van der Waals surface area (Å²) in [6.45, 7) is 8.85. The van der Waals surface area contributed by atoms with Crippen molar-refractivity contribution in [1.29, 1.82) is 0 Å². The summed E-state index contributed by atoms with van der Waals surface area (Å²) in [6.07, 6.45) is 3.19. The number of rotatable bonds is 5. The van der Waals surface area contributed by atoms with Crippen LogP contribution in [-0.4, -0.2) is 37.1 Å². The predicted molar refractivity (Wildman–Crippen MR) is 106 cm³/mol. The molecule has 26 heavy (non-hydrogen) atoms. The number of fused-ring (bicyclic) bond motifs is 1. The lowest BCUT2D eigenvalue weighted by Gasteiger charge is -2.40. The first-order chi connectivity index (χ1) is 12.2. The fourth-order valence-corrected chi connectivity index (χ4v) is 2.61. The molecule has 0 amide bonds. The zero-order valence-corrected chi connectivity index (χ0v) is 16.1. The van der Waals surface area contributed by atoms with Gasteiger partial charge in [0.25, 0.3) is 0 Å². The third-order valence-electron chi connectivity index (χ3n) is 5.23. The van der Waals surface area contributed by atoms with Crippen LogP contribution in [0.5, 0.6) is 0 Å². The highest BCUT2D eigenvalue weighted by Gasteiger charge is 2.29. The average molecular weight is 354 g/mol. The summed E-state index contributed by atoms with van der Waals surface area (Å²) in [4.78, 5) is 19.7. The second-order valence-corrected chi connectivity index (χ2v) is 7.38. The minimum absolute atomic E-state index is 0.0596. The van der Waals surface area contributed by atoms with Crippen molar-refractivity contribution in [2.75, 3.05) is 23.0 Å². The third kappa shape index (κ3) is 3.14. The fraction of sp³-hybridized carbons (Fsp3) is 0.444. The number of hydrogen-bond donors (Lipinski definition) is 2. The second kappa shape index (κ2) is 6.44. The zero-order chi connectivity index (χ0) is 19.1. The van der Waals surface area contributed by atoms with Gasteiger partial charge >= 0.3 is 0 Å². The molecule has 0 bridgehead atoms. The first-order valence-corrected chi connectivity index (χ1v) is 8.60. The quantitative estimate of drug-likeness (QED) is 0.727. The highest BCUT2D eigenvalue weighted by atomic mass is 15.2. The standard InChI is InChI=1S/C18H26N8/c1-11(2)18(3,4)26(6)15-7-12(16-17(24-15)25(5)10-22-16)23-14-8-13(19)20-9-21-14/h7-11H,1-6H3,(H3,19,20,21,23,24). The van der Waals surface area contributed by atoms with E-state index in [0.717, 1.165) is 22.7 Å². The Bertz CT molecular complexity index is 928. The number of hydrogen-bond acceptors (Lipinski definition) is 7. The van der Waals surface area contributed by atoms with Crippen LogP contribution in [0.3, 0.4) is 0 Å². The Hall–Kier alpha value is -2.90. The maximum Gasteiger partial charge on any atom is 0.164 e. The monoisotopic (exact) mass is 354 g/mol. The summed E-state index contributed by atoms with van der Waals surface area (Å²) in [6, 6.07) is 3.69. The van der Waals surface area contributed by atoms with Crippen LogP contribution >= 0.6 is 0 Å². The van der Waals surface area contributed by atoms with Crippen LogP contribution in [0.4, 0.5) is 23.1 Å². The number of nitrogens with one attached hydrogen (secondary N) is 1. The van der Waals surface area contributed by atoms with E-state index in [1.807, 2.05) is 17.7 Å². The molecule has 0 aliphatic rings. The molecule has 0 unspecified atom stereocenters. The molecule has 3 N–H and O–H groups in total. The molecule has 3 aromatic heterocycles. The Kier molecular flexibility index (Phi) is 4.43. The fourth-order valence-electron chi connectivity index (χ4n) is 2.61. The predicted octanol–water partition coefficient (Wildman–Crippen LogP) is 2.95. The number of imidazole rings is 1. The van der Waals surface area contributed by atoms with Crippen LogP contribution in [0.15, 0.2) is 24.8 Å². The van der Waals surface area contributed by atoms with Gasteiger partial charge in [0.05, 0.1) is 12.0 Å². The zero-order valence-electron chi connectivity index (χ0n) is 16.1. The van der Waals surface area contributed by atoms with Gasteiger partial charge in [-0.1, -0.05) is 13.8 Å². The molecule has 0 saturated carbocycles. The maximum atomic E-state index is 5.77. The van der Waals surface area contributed by atoms with Crippen molar-refractivity contribution in [2.24, 2.45) is 13.0 Å². The lowest BCUT2D eigenvalue weighted by atomic mass is 9.89.